The summed E-state index contributed by atoms with van der Waals surface area (Å²) in [6.07, 6.45) is 4.42. The number of aromatic nitrogens is 2. The van der Waals surface area contributed by atoms with Crippen molar-refractivity contribution in [3.05, 3.63) is 27.4 Å². The van der Waals surface area contributed by atoms with E-state index in [-0.39, 0.29) is 5.56 Å². The molecule has 3 rings (SSSR count). The molecule has 0 unspecified atom stereocenters. The van der Waals surface area contributed by atoms with Crippen molar-refractivity contribution in [2.24, 2.45) is 5.92 Å². The fraction of sp³-hybridized carbons (Fsp3) is 0.733. The summed E-state index contributed by atoms with van der Waals surface area (Å²) in [4.78, 5) is 22.2. The fourth-order valence-corrected chi connectivity index (χ4v) is 2.69. The van der Waals surface area contributed by atoms with Gasteiger partial charge in [-0.1, -0.05) is 13.8 Å². The van der Waals surface area contributed by atoms with Crippen molar-refractivity contribution in [3.63, 3.8) is 0 Å². The van der Waals surface area contributed by atoms with E-state index < -0.39 is 0 Å². The lowest BCUT2D eigenvalue weighted by atomic mass is 10.0. The van der Waals surface area contributed by atoms with Gasteiger partial charge in [-0.15, -0.1) is 0 Å². The van der Waals surface area contributed by atoms with Crippen LogP contribution in [0.1, 0.15) is 56.1 Å². The maximum atomic E-state index is 12.1. The molecule has 1 N–H and O–H groups in total. The summed E-state index contributed by atoms with van der Waals surface area (Å²) >= 11 is 0. The number of H-pyrrole nitrogens is 1. The van der Waals surface area contributed by atoms with Crippen molar-refractivity contribution in [2.75, 3.05) is 13.1 Å². The first-order valence-electron chi connectivity index (χ1n) is 7.48. The van der Waals surface area contributed by atoms with Gasteiger partial charge in [-0.2, -0.15) is 0 Å². The molecule has 104 valence electrons. The van der Waals surface area contributed by atoms with Crippen LogP contribution in [0.2, 0.25) is 0 Å². The Morgan fingerprint density at radius 1 is 1.42 bits per heavy atom. The summed E-state index contributed by atoms with van der Waals surface area (Å²) in [6, 6.07) is 0. The van der Waals surface area contributed by atoms with Crippen molar-refractivity contribution in [2.45, 2.75) is 52.0 Å². The molecular weight excluding hydrogens is 238 g/mol. The maximum Gasteiger partial charge on any atom is 0.254 e. The van der Waals surface area contributed by atoms with Gasteiger partial charge >= 0.3 is 0 Å². The second-order valence-electron chi connectivity index (χ2n) is 6.36. The predicted octanol–water partition coefficient (Wildman–Crippen LogP) is 2.05. The van der Waals surface area contributed by atoms with E-state index >= 15 is 0 Å². The van der Waals surface area contributed by atoms with Crippen LogP contribution in [0.15, 0.2) is 4.79 Å². The van der Waals surface area contributed by atoms with Crippen LogP contribution < -0.4 is 5.56 Å². The van der Waals surface area contributed by atoms with Gasteiger partial charge in [0.15, 0.2) is 0 Å². The number of fused-ring (bicyclic) bond motifs is 1. The van der Waals surface area contributed by atoms with Crippen LogP contribution in [0.25, 0.3) is 0 Å². The number of rotatable bonds is 4. The number of hydrogen-bond donors (Lipinski definition) is 1. The third-order valence-electron chi connectivity index (χ3n) is 4.16. The fourth-order valence-electron chi connectivity index (χ4n) is 2.69. The van der Waals surface area contributed by atoms with Crippen LogP contribution in [0.3, 0.4) is 0 Å². The molecule has 2 aliphatic rings. The molecule has 19 heavy (non-hydrogen) atoms. The molecule has 1 aromatic heterocycles. The zero-order valence-electron chi connectivity index (χ0n) is 11.9. The van der Waals surface area contributed by atoms with E-state index in [1.807, 2.05) is 0 Å². The van der Waals surface area contributed by atoms with Crippen molar-refractivity contribution >= 4 is 0 Å². The molecule has 1 aliphatic carbocycles. The summed E-state index contributed by atoms with van der Waals surface area (Å²) in [5.74, 6) is 2.18. The van der Waals surface area contributed by atoms with E-state index in [9.17, 15) is 4.79 Å². The van der Waals surface area contributed by atoms with Gasteiger partial charge in [-0.25, -0.2) is 4.98 Å². The van der Waals surface area contributed by atoms with Crippen molar-refractivity contribution in [1.82, 2.24) is 14.9 Å². The van der Waals surface area contributed by atoms with E-state index in [0.717, 1.165) is 49.1 Å². The Balaban J connectivity index is 1.77. The van der Waals surface area contributed by atoms with Gasteiger partial charge in [0, 0.05) is 24.6 Å². The molecular formula is C15H23N3O. The second kappa shape index (κ2) is 5.08. The lowest BCUT2D eigenvalue weighted by molar-refractivity contribution is 0.234. The highest BCUT2D eigenvalue weighted by atomic mass is 16.1. The van der Waals surface area contributed by atoms with Gasteiger partial charge < -0.3 is 4.98 Å². The number of nitrogens with zero attached hydrogens (tertiary/aromatic N) is 2. The minimum atomic E-state index is 0.107. The SMILES string of the molecule is CC(C)CCN1CCc2c(nc(C3CC3)[nH]c2=O)C1. The maximum absolute atomic E-state index is 12.1. The van der Waals surface area contributed by atoms with Gasteiger partial charge in [0.1, 0.15) is 5.82 Å². The van der Waals surface area contributed by atoms with Crippen LogP contribution in [0.4, 0.5) is 0 Å². The largest absolute Gasteiger partial charge is 0.310 e. The van der Waals surface area contributed by atoms with Crippen LogP contribution in [0, 0.1) is 5.92 Å². The molecule has 1 saturated carbocycles. The Bertz CT molecular complexity index is 517. The quantitative estimate of drug-likeness (QED) is 0.902. The third-order valence-corrected chi connectivity index (χ3v) is 4.16. The Morgan fingerprint density at radius 3 is 2.89 bits per heavy atom. The van der Waals surface area contributed by atoms with Crippen LogP contribution in [0.5, 0.6) is 0 Å². The zero-order valence-corrected chi connectivity index (χ0v) is 11.9. The summed E-state index contributed by atoms with van der Waals surface area (Å²) in [7, 11) is 0. The van der Waals surface area contributed by atoms with Gasteiger partial charge in [0.05, 0.1) is 5.69 Å². The number of nitrogens with one attached hydrogen (secondary N) is 1. The number of aromatic amines is 1. The molecule has 0 aromatic carbocycles. The molecule has 0 radical (unpaired) electrons. The third kappa shape index (κ3) is 2.89. The topological polar surface area (TPSA) is 49.0 Å². The molecule has 1 fully saturated rings. The predicted molar refractivity (Wildman–Crippen MR) is 75.3 cm³/mol. The molecule has 0 atom stereocenters. The molecule has 1 aromatic rings. The molecule has 4 nitrogen and oxygen atoms in total. The van der Waals surface area contributed by atoms with E-state index in [0.29, 0.717) is 5.92 Å². The van der Waals surface area contributed by atoms with E-state index in [2.05, 4.69) is 23.7 Å². The van der Waals surface area contributed by atoms with Crippen molar-refractivity contribution in [1.29, 1.82) is 0 Å². The van der Waals surface area contributed by atoms with E-state index in [1.165, 1.54) is 19.3 Å². The smallest absolute Gasteiger partial charge is 0.254 e. The normalized spacial score (nSPS) is 19.7. The Kier molecular flexibility index (Phi) is 3.44. The van der Waals surface area contributed by atoms with Crippen LogP contribution in [-0.4, -0.2) is 28.0 Å². The monoisotopic (exact) mass is 261 g/mol. The molecule has 2 heterocycles. The van der Waals surface area contributed by atoms with Gasteiger partial charge in [-0.05, 0) is 38.1 Å². The minimum absolute atomic E-state index is 0.107. The summed E-state index contributed by atoms with van der Waals surface area (Å²) < 4.78 is 0. The number of hydrogen-bond acceptors (Lipinski definition) is 3. The first-order valence-corrected chi connectivity index (χ1v) is 7.48. The highest BCUT2D eigenvalue weighted by Gasteiger charge is 2.28. The lowest BCUT2D eigenvalue weighted by Crippen LogP contribution is -2.36. The highest BCUT2D eigenvalue weighted by molar-refractivity contribution is 5.22. The Hall–Kier alpha value is -1.16. The van der Waals surface area contributed by atoms with Crippen molar-refractivity contribution in [3.8, 4) is 0 Å². The average Bonchev–Trinajstić information content (AvgIpc) is 3.20. The summed E-state index contributed by atoms with van der Waals surface area (Å²) in [6.45, 7) is 7.47. The van der Waals surface area contributed by atoms with Crippen LogP contribution in [-0.2, 0) is 13.0 Å². The lowest BCUT2D eigenvalue weighted by Gasteiger charge is -2.28. The van der Waals surface area contributed by atoms with E-state index in [1.54, 1.807) is 0 Å². The first kappa shape index (κ1) is 12.9. The van der Waals surface area contributed by atoms with Gasteiger partial charge in [0.2, 0.25) is 0 Å². The molecule has 0 amide bonds. The second-order valence-corrected chi connectivity index (χ2v) is 6.36. The zero-order chi connectivity index (χ0) is 13.4. The van der Waals surface area contributed by atoms with Crippen molar-refractivity contribution < 1.29 is 0 Å². The molecule has 0 spiro atoms. The molecule has 0 bridgehead atoms. The standard InChI is InChI=1S/C15H23N3O/c1-10(2)5-7-18-8-6-12-13(9-18)16-14(11-3-4-11)17-15(12)19/h10-11H,3-9H2,1-2H3,(H,16,17,19). The molecule has 0 saturated heterocycles. The first-order chi connectivity index (χ1) is 9.13. The highest BCUT2D eigenvalue weighted by Crippen LogP contribution is 2.37. The summed E-state index contributed by atoms with van der Waals surface area (Å²) in [5.41, 5.74) is 2.06. The average molecular weight is 261 g/mol. The van der Waals surface area contributed by atoms with E-state index in [4.69, 9.17) is 4.98 Å². The van der Waals surface area contributed by atoms with Crippen LogP contribution >= 0.6 is 0 Å². The Labute approximate surface area is 114 Å². The molecule has 1 aliphatic heterocycles. The molecule has 4 heteroatoms. The van der Waals surface area contributed by atoms with Gasteiger partial charge in [-0.3, -0.25) is 9.69 Å². The Morgan fingerprint density at radius 2 is 2.21 bits per heavy atom. The summed E-state index contributed by atoms with van der Waals surface area (Å²) in [5, 5.41) is 0. The minimum Gasteiger partial charge on any atom is -0.310 e. The van der Waals surface area contributed by atoms with Gasteiger partial charge in [0.25, 0.3) is 5.56 Å².